The fourth-order valence-electron chi connectivity index (χ4n) is 2.67. The number of benzene rings is 3. The number of rotatable bonds is 6. The quantitative estimate of drug-likeness (QED) is 0.228. The molecule has 3 aromatic carbocycles. The van der Waals surface area contributed by atoms with Crippen LogP contribution in [-0.2, 0) is 4.79 Å². The van der Waals surface area contributed by atoms with E-state index in [-0.39, 0.29) is 5.57 Å². The first-order valence-corrected chi connectivity index (χ1v) is 9.94. The average molecular weight is 477 g/mol. The summed E-state index contributed by atoms with van der Waals surface area (Å²) in [6.45, 7) is 0. The van der Waals surface area contributed by atoms with Crippen LogP contribution in [0.2, 0.25) is 0 Å². The lowest BCUT2D eigenvalue weighted by atomic mass is 10.1. The van der Waals surface area contributed by atoms with Crippen LogP contribution in [0.15, 0.2) is 82.8 Å². The predicted molar refractivity (Wildman–Crippen MR) is 121 cm³/mol. The Morgan fingerprint density at radius 2 is 1.68 bits per heavy atom. The second-order valence-corrected chi connectivity index (χ2v) is 7.12. The van der Waals surface area contributed by atoms with E-state index in [1.807, 2.05) is 6.07 Å². The first-order valence-electron chi connectivity index (χ1n) is 9.14. The molecular weight excluding hydrogens is 460 g/mol. The van der Waals surface area contributed by atoms with Crippen molar-refractivity contribution in [2.75, 3.05) is 12.4 Å². The summed E-state index contributed by atoms with van der Waals surface area (Å²) in [6.07, 6.45) is 1.45. The molecule has 154 valence electrons. The van der Waals surface area contributed by atoms with Crippen molar-refractivity contribution in [1.29, 1.82) is 5.26 Å². The maximum atomic E-state index is 12.5. The Balaban J connectivity index is 1.72. The van der Waals surface area contributed by atoms with Crippen molar-refractivity contribution in [2.24, 2.45) is 0 Å². The van der Waals surface area contributed by atoms with Crippen molar-refractivity contribution in [3.05, 3.63) is 94.0 Å². The second-order valence-electron chi connectivity index (χ2n) is 6.26. The number of carbonyl (C=O) groups is 2. The summed E-state index contributed by atoms with van der Waals surface area (Å²) in [4.78, 5) is 24.8. The smallest absolute Gasteiger partial charge is 0.344 e. The molecule has 0 radical (unpaired) electrons. The molecule has 6 nitrogen and oxygen atoms in total. The van der Waals surface area contributed by atoms with E-state index in [1.165, 1.54) is 13.2 Å². The van der Waals surface area contributed by atoms with E-state index in [2.05, 4.69) is 21.2 Å². The molecule has 7 heteroatoms. The molecule has 0 saturated heterocycles. The van der Waals surface area contributed by atoms with Gasteiger partial charge in [-0.2, -0.15) is 5.26 Å². The van der Waals surface area contributed by atoms with Gasteiger partial charge in [-0.15, -0.1) is 0 Å². The highest BCUT2D eigenvalue weighted by atomic mass is 79.9. The van der Waals surface area contributed by atoms with Crippen LogP contribution in [0.4, 0.5) is 5.69 Å². The molecule has 3 rings (SSSR count). The monoisotopic (exact) mass is 476 g/mol. The fraction of sp³-hybridized carbons (Fsp3) is 0.0417. The largest absolute Gasteiger partial charge is 0.495 e. The maximum absolute atomic E-state index is 12.5. The Hall–Kier alpha value is -3.89. The Bertz CT molecular complexity index is 1180. The van der Waals surface area contributed by atoms with Crippen LogP contribution in [0.1, 0.15) is 15.9 Å². The molecule has 0 fully saturated rings. The van der Waals surface area contributed by atoms with Gasteiger partial charge in [0, 0.05) is 4.47 Å². The summed E-state index contributed by atoms with van der Waals surface area (Å²) in [5.41, 5.74) is 1.40. The zero-order valence-electron chi connectivity index (χ0n) is 16.5. The van der Waals surface area contributed by atoms with Crippen LogP contribution in [0, 0.1) is 11.3 Å². The lowest BCUT2D eigenvalue weighted by Gasteiger charge is -2.09. The molecule has 0 atom stereocenters. The van der Waals surface area contributed by atoms with Crippen molar-refractivity contribution in [3.8, 4) is 17.6 Å². The van der Waals surface area contributed by atoms with Gasteiger partial charge >= 0.3 is 5.97 Å². The normalized spacial score (nSPS) is 10.7. The number of ether oxygens (including phenoxy) is 2. The third-order valence-electron chi connectivity index (χ3n) is 4.22. The maximum Gasteiger partial charge on any atom is 0.344 e. The zero-order chi connectivity index (χ0) is 22.2. The molecule has 0 heterocycles. The van der Waals surface area contributed by atoms with Gasteiger partial charge in [0.25, 0.3) is 5.91 Å². The SMILES string of the molecule is COc1ccccc1NC(=O)/C(C#N)=C/c1ccc(OC(=O)c2ccccc2Br)cc1. The number of para-hydroxylation sites is 2. The summed E-state index contributed by atoms with van der Waals surface area (Å²) < 4.78 is 11.2. The number of carbonyl (C=O) groups excluding carboxylic acids is 2. The lowest BCUT2D eigenvalue weighted by molar-refractivity contribution is -0.112. The van der Waals surface area contributed by atoms with Gasteiger partial charge in [-0.3, -0.25) is 4.79 Å². The number of anilines is 1. The minimum Gasteiger partial charge on any atom is -0.495 e. The van der Waals surface area contributed by atoms with Crippen molar-refractivity contribution in [1.82, 2.24) is 0 Å². The van der Waals surface area contributed by atoms with E-state index >= 15 is 0 Å². The van der Waals surface area contributed by atoms with Gasteiger partial charge in [-0.1, -0.05) is 36.4 Å². The van der Waals surface area contributed by atoms with Gasteiger partial charge < -0.3 is 14.8 Å². The van der Waals surface area contributed by atoms with Crippen molar-refractivity contribution in [2.45, 2.75) is 0 Å². The molecule has 0 bridgehead atoms. The van der Waals surface area contributed by atoms with Crippen LogP contribution in [-0.4, -0.2) is 19.0 Å². The Labute approximate surface area is 187 Å². The number of esters is 1. The lowest BCUT2D eigenvalue weighted by Crippen LogP contribution is -2.14. The number of methoxy groups -OCH3 is 1. The van der Waals surface area contributed by atoms with E-state index in [0.717, 1.165) is 0 Å². The Morgan fingerprint density at radius 1 is 1.00 bits per heavy atom. The fourth-order valence-corrected chi connectivity index (χ4v) is 3.12. The van der Waals surface area contributed by atoms with Crippen LogP contribution in [0.5, 0.6) is 11.5 Å². The third-order valence-corrected chi connectivity index (χ3v) is 4.91. The van der Waals surface area contributed by atoms with E-state index in [9.17, 15) is 14.9 Å². The molecule has 0 saturated carbocycles. The highest BCUT2D eigenvalue weighted by molar-refractivity contribution is 9.10. The van der Waals surface area contributed by atoms with Crippen LogP contribution < -0.4 is 14.8 Å². The van der Waals surface area contributed by atoms with Crippen LogP contribution in [0.3, 0.4) is 0 Å². The van der Waals surface area contributed by atoms with Crippen molar-refractivity contribution < 1.29 is 19.1 Å². The third kappa shape index (κ3) is 5.59. The highest BCUT2D eigenvalue weighted by Crippen LogP contribution is 2.24. The number of nitrogens with zero attached hydrogens (tertiary/aromatic N) is 1. The number of nitriles is 1. The first-order chi connectivity index (χ1) is 15.0. The van der Waals surface area contributed by atoms with Crippen LogP contribution >= 0.6 is 15.9 Å². The number of nitrogens with one attached hydrogen (secondary N) is 1. The molecule has 0 aliphatic rings. The Kier molecular flexibility index (Phi) is 7.20. The Morgan fingerprint density at radius 3 is 2.35 bits per heavy atom. The van der Waals surface area contributed by atoms with Crippen molar-refractivity contribution in [3.63, 3.8) is 0 Å². The summed E-state index contributed by atoms with van der Waals surface area (Å²) in [7, 11) is 1.50. The van der Waals surface area contributed by atoms with Gasteiger partial charge in [0.1, 0.15) is 23.1 Å². The van der Waals surface area contributed by atoms with Gasteiger partial charge in [0.15, 0.2) is 0 Å². The predicted octanol–water partition coefficient (Wildman–Crippen LogP) is 5.22. The second kappa shape index (κ2) is 10.2. The standard InChI is InChI=1S/C24H17BrN2O4/c1-30-22-9-5-4-8-21(22)27-23(28)17(15-26)14-16-10-12-18(13-11-16)31-24(29)19-6-2-3-7-20(19)25/h2-14H,1H3,(H,27,28)/b17-14+. The number of hydrogen-bond donors (Lipinski definition) is 1. The summed E-state index contributed by atoms with van der Waals surface area (Å²) in [5, 5.41) is 12.1. The summed E-state index contributed by atoms with van der Waals surface area (Å²) in [5.74, 6) is -0.222. The molecule has 31 heavy (non-hydrogen) atoms. The molecule has 0 aliphatic heterocycles. The molecule has 3 aromatic rings. The molecule has 0 spiro atoms. The van der Waals surface area contributed by atoms with Crippen LogP contribution in [0.25, 0.3) is 6.08 Å². The number of amides is 1. The molecule has 0 aliphatic carbocycles. The van der Waals surface area contributed by atoms with Gasteiger partial charge in [0.05, 0.1) is 18.4 Å². The highest BCUT2D eigenvalue weighted by Gasteiger charge is 2.13. The molecular formula is C24H17BrN2O4. The summed E-state index contributed by atoms with van der Waals surface area (Å²) >= 11 is 3.32. The number of halogens is 1. The minimum absolute atomic E-state index is 0.0798. The summed E-state index contributed by atoms with van der Waals surface area (Å²) in [6, 6.07) is 22.3. The molecule has 1 N–H and O–H groups in total. The first kappa shape index (κ1) is 21.8. The molecule has 1 amide bonds. The topological polar surface area (TPSA) is 88.4 Å². The minimum atomic E-state index is -0.559. The van der Waals surface area contributed by atoms with Gasteiger partial charge in [-0.05, 0) is 64.0 Å². The zero-order valence-corrected chi connectivity index (χ0v) is 18.0. The average Bonchev–Trinajstić information content (AvgIpc) is 2.79. The molecule has 0 aromatic heterocycles. The molecule has 0 unspecified atom stereocenters. The van der Waals surface area contributed by atoms with Crippen molar-refractivity contribution >= 4 is 39.6 Å². The van der Waals surface area contributed by atoms with Gasteiger partial charge in [0.2, 0.25) is 0 Å². The van der Waals surface area contributed by atoms with E-state index in [0.29, 0.717) is 32.8 Å². The van der Waals surface area contributed by atoms with E-state index in [1.54, 1.807) is 72.8 Å². The number of hydrogen-bond acceptors (Lipinski definition) is 5. The van der Waals surface area contributed by atoms with E-state index in [4.69, 9.17) is 9.47 Å². The van der Waals surface area contributed by atoms with E-state index < -0.39 is 11.9 Å². The van der Waals surface area contributed by atoms with Gasteiger partial charge in [-0.25, -0.2) is 4.79 Å².